The number of hydrogen-bond acceptors (Lipinski definition) is 3. The summed E-state index contributed by atoms with van der Waals surface area (Å²) >= 11 is 0. The lowest BCUT2D eigenvalue weighted by Crippen LogP contribution is -2.36. The van der Waals surface area contributed by atoms with E-state index in [0.29, 0.717) is 6.04 Å². The molecule has 2 rings (SSSR count). The van der Waals surface area contributed by atoms with Gasteiger partial charge >= 0.3 is 0 Å². The molecule has 0 saturated carbocycles. The minimum Gasteiger partial charge on any atom is -0.295 e. The van der Waals surface area contributed by atoms with Crippen molar-refractivity contribution in [3.05, 3.63) is 11.9 Å². The molecule has 1 atom stereocenters. The van der Waals surface area contributed by atoms with Crippen molar-refractivity contribution in [1.82, 2.24) is 20.3 Å². The van der Waals surface area contributed by atoms with Gasteiger partial charge < -0.3 is 0 Å². The highest BCUT2D eigenvalue weighted by atomic mass is 15.3. The Bertz CT molecular complexity index is 244. The number of nitrogens with one attached hydrogen (secondary N) is 1. The lowest BCUT2D eigenvalue weighted by molar-refractivity contribution is 0.151. The maximum absolute atomic E-state index is 4.07. The van der Waals surface area contributed by atoms with Crippen LogP contribution in [0.25, 0.3) is 0 Å². The van der Waals surface area contributed by atoms with Gasteiger partial charge in [0.25, 0.3) is 0 Å². The van der Waals surface area contributed by atoms with E-state index in [1.807, 2.05) is 0 Å². The number of aromatic amines is 1. The molecule has 1 N–H and O–H groups in total. The SMILES string of the molecule is CC1CCCCN1Cc1cn[nH]n1. The van der Waals surface area contributed by atoms with E-state index >= 15 is 0 Å². The minimum atomic E-state index is 0.699. The predicted octanol–water partition coefficient (Wildman–Crippen LogP) is 1.18. The van der Waals surface area contributed by atoms with E-state index in [0.717, 1.165) is 12.2 Å². The van der Waals surface area contributed by atoms with E-state index in [2.05, 4.69) is 27.2 Å². The van der Waals surface area contributed by atoms with Crippen LogP contribution in [0.15, 0.2) is 6.20 Å². The molecular formula is C9H16N4. The van der Waals surface area contributed by atoms with Gasteiger partial charge in [-0.2, -0.15) is 15.4 Å². The first-order valence-corrected chi connectivity index (χ1v) is 4.95. The number of aromatic nitrogens is 3. The first-order valence-electron chi connectivity index (χ1n) is 4.95. The van der Waals surface area contributed by atoms with Crippen molar-refractivity contribution in [3.8, 4) is 0 Å². The molecule has 0 aromatic carbocycles. The molecule has 1 unspecified atom stereocenters. The van der Waals surface area contributed by atoms with Crippen LogP contribution in [0.4, 0.5) is 0 Å². The minimum absolute atomic E-state index is 0.699. The maximum Gasteiger partial charge on any atom is 0.0964 e. The van der Waals surface area contributed by atoms with E-state index in [9.17, 15) is 0 Å². The van der Waals surface area contributed by atoms with Gasteiger partial charge in [0.15, 0.2) is 0 Å². The molecule has 2 heterocycles. The molecule has 13 heavy (non-hydrogen) atoms. The van der Waals surface area contributed by atoms with Crippen LogP contribution >= 0.6 is 0 Å². The zero-order valence-electron chi connectivity index (χ0n) is 8.03. The number of rotatable bonds is 2. The molecule has 1 aromatic heterocycles. The van der Waals surface area contributed by atoms with Crippen LogP contribution < -0.4 is 0 Å². The van der Waals surface area contributed by atoms with E-state index < -0.39 is 0 Å². The van der Waals surface area contributed by atoms with Gasteiger partial charge in [0.1, 0.15) is 0 Å². The third kappa shape index (κ3) is 2.06. The van der Waals surface area contributed by atoms with Crippen molar-refractivity contribution in [2.75, 3.05) is 6.54 Å². The van der Waals surface area contributed by atoms with Crippen LogP contribution in [0.2, 0.25) is 0 Å². The number of nitrogens with zero attached hydrogens (tertiary/aromatic N) is 3. The molecule has 1 aromatic rings. The lowest BCUT2D eigenvalue weighted by atomic mass is 10.0. The Morgan fingerprint density at radius 1 is 1.62 bits per heavy atom. The van der Waals surface area contributed by atoms with Crippen LogP contribution in [0, 0.1) is 0 Å². The second-order valence-electron chi connectivity index (χ2n) is 3.78. The summed E-state index contributed by atoms with van der Waals surface area (Å²) in [5.41, 5.74) is 1.05. The van der Waals surface area contributed by atoms with Crippen molar-refractivity contribution in [2.45, 2.75) is 38.8 Å². The molecule has 4 heteroatoms. The molecular weight excluding hydrogens is 164 g/mol. The lowest BCUT2D eigenvalue weighted by Gasteiger charge is -2.32. The molecule has 0 radical (unpaired) electrons. The summed E-state index contributed by atoms with van der Waals surface area (Å²) in [6.45, 7) is 4.44. The van der Waals surface area contributed by atoms with Crippen molar-refractivity contribution in [1.29, 1.82) is 0 Å². The Balaban J connectivity index is 1.93. The molecule has 0 aliphatic carbocycles. The second kappa shape index (κ2) is 3.87. The van der Waals surface area contributed by atoms with Gasteiger partial charge in [0.2, 0.25) is 0 Å². The van der Waals surface area contributed by atoms with E-state index in [1.165, 1.54) is 25.8 Å². The average molecular weight is 180 g/mol. The van der Waals surface area contributed by atoms with Crippen LogP contribution in [0.5, 0.6) is 0 Å². The number of H-pyrrole nitrogens is 1. The quantitative estimate of drug-likeness (QED) is 0.743. The van der Waals surface area contributed by atoms with Gasteiger partial charge in [-0.15, -0.1) is 0 Å². The van der Waals surface area contributed by atoms with Gasteiger partial charge in [-0.25, -0.2) is 0 Å². The highest BCUT2D eigenvalue weighted by Gasteiger charge is 2.18. The number of hydrogen-bond donors (Lipinski definition) is 1. The summed E-state index contributed by atoms with van der Waals surface area (Å²) in [4.78, 5) is 2.47. The van der Waals surface area contributed by atoms with Gasteiger partial charge in [0.05, 0.1) is 11.9 Å². The van der Waals surface area contributed by atoms with Crippen LogP contribution in [0.3, 0.4) is 0 Å². The molecule has 4 nitrogen and oxygen atoms in total. The number of piperidine rings is 1. The first kappa shape index (κ1) is 8.69. The van der Waals surface area contributed by atoms with Crippen molar-refractivity contribution < 1.29 is 0 Å². The van der Waals surface area contributed by atoms with Crippen molar-refractivity contribution in [3.63, 3.8) is 0 Å². The summed E-state index contributed by atoms with van der Waals surface area (Å²) in [5, 5.41) is 10.5. The van der Waals surface area contributed by atoms with Gasteiger partial charge in [-0.1, -0.05) is 6.42 Å². The molecule has 0 amide bonds. The molecule has 72 valence electrons. The van der Waals surface area contributed by atoms with Gasteiger partial charge in [-0.05, 0) is 26.3 Å². The highest BCUT2D eigenvalue weighted by molar-refractivity contribution is 4.91. The third-order valence-electron chi connectivity index (χ3n) is 2.77. The Kier molecular flexibility index (Phi) is 2.59. The fourth-order valence-electron chi connectivity index (χ4n) is 1.90. The van der Waals surface area contributed by atoms with Crippen molar-refractivity contribution in [2.24, 2.45) is 0 Å². The van der Waals surface area contributed by atoms with Gasteiger partial charge in [0, 0.05) is 12.6 Å². The summed E-state index contributed by atoms with van der Waals surface area (Å²) in [7, 11) is 0. The Hall–Kier alpha value is -0.900. The molecule has 0 bridgehead atoms. The standard InChI is InChI=1S/C9H16N4/c1-8-4-2-3-5-13(8)7-9-6-10-12-11-9/h6,8H,2-5,7H2,1H3,(H,10,11,12). The Labute approximate surface area is 78.3 Å². The average Bonchev–Trinajstić information content (AvgIpc) is 2.61. The zero-order valence-corrected chi connectivity index (χ0v) is 8.03. The summed E-state index contributed by atoms with van der Waals surface area (Å²) < 4.78 is 0. The highest BCUT2D eigenvalue weighted by Crippen LogP contribution is 2.17. The molecule has 1 saturated heterocycles. The molecule has 1 fully saturated rings. The van der Waals surface area contributed by atoms with Crippen LogP contribution in [-0.4, -0.2) is 32.9 Å². The number of likely N-dealkylation sites (tertiary alicyclic amines) is 1. The van der Waals surface area contributed by atoms with E-state index in [-0.39, 0.29) is 0 Å². The van der Waals surface area contributed by atoms with Crippen LogP contribution in [0.1, 0.15) is 31.9 Å². The topological polar surface area (TPSA) is 44.8 Å². The third-order valence-corrected chi connectivity index (χ3v) is 2.77. The molecule has 1 aliphatic heterocycles. The van der Waals surface area contributed by atoms with Crippen LogP contribution in [-0.2, 0) is 6.54 Å². The first-order chi connectivity index (χ1) is 6.36. The predicted molar refractivity (Wildman–Crippen MR) is 50.1 cm³/mol. The van der Waals surface area contributed by atoms with Crippen molar-refractivity contribution >= 4 is 0 Å². The zero-order chi connectivity index (χ0) is 9.10. The summed E-state index contributed by atoms with van der Waals surface area (Å²) in [6.07, 6.45) is 5.82. The maximum atomic E-state index is 4.07. The smallest absolute Gasteiger partial charge is 0.0964 e. The Morgan fingerprint density at radius 3 is 3.23 bits per heavy atom. The van der Waals surface area contributed by atoms with Gasteiger partial charge in [-0.3, -0.25) is 4.90 Å². The fourth-order valence-corrected chi connectivity index (χ4v) is 1.90. The summed E-state index contributed by atoms with van der Waals surface area (Å²) in [5.74, 6) is 0. The monoisotopic (exact) mass is 180 g/mol. The normalized spacial score (nSPS) is 24.8. The Morgan fingerprint density at radius 2 is 2.54 bits per heavy atom. The van der Waals surface area contributed by atoms with E-state index in [4.69, 9.17) is 0 Å². The molecule has 0 spiro atoms. The summed E-state index contributed by atoms with van der Waals surface area (Å²) in [6, 6.07) is 0.699. The second-order valence-corrected chi connectivity index (χ2v) is 3.78. The molecule has 1 aliphatic rings. The van der Waals surface area contributed by atoms with E-state index in [1.54, 1.807) is 6.20 Å². The fraction of sp³-hybridized carbons (Fsp3) is 0.778. The largest absolute Gasteiger partial charge is 0.295 e.